The molecular weight excluding hydrogens is 454 g/mol. The van der Waals surface area contributed by atoms with Gasteiger partial charge in [-0.25, -0.2) is 0 Å². The normalized spacial score (nSPS) is 18.0. The highest BCUT2D eigenvalue weighted by Crippen LogP contribution is 2.51. The Kier molecular flexibility index (Phi) is 10.2. The lowest BCUT2D eigenvalue weighted by molar-refractivity contribution is -0.123. The van der Waals surface area contributed by atoms with Gasteiger partial charge in [0.1, 0.15) is 0 Å². The first-order valence-corrected chi connectivity index (χ1v) is 14.2. The van der Waals surface area contributed by atoms with E-state index < -0.39 is 0 Å². The number of benzene rings is 2. The Morgan fingerprint density at radius 2 is 1.84 bits per heavy atom. The predicted octanol–water partition coefficient (Wildman–Crippen LogP) is 7.49. The van der Waals surface area contributed by atoms with Gasteiger partial charge in [0.25, 0.3) is 0 Å². The van der Waals surface area contributed by atoms with Gasteiger partial charge in [-0.2, -0.15) is 0 Å². The molecule has 200 valence electrons. The van der Waals surface area contributed by atoms with Crippen LogP contribution in [0.25, 0.3) is 10.9 Å². The van der Waals surface area contributed by atoms with E-state index in [1.807, 2.05) is 34.6 Å². The Balaban J connectivity index is 0.000000711. The van der Waals surface area contributed by atoms with E-state index >= 15 is 0 Å². The van der Waals surface area contributed by atoms with Crippen LogP contribution in [0.2, 0.25) is 0 Å². The van der Waals surface area contributed by atoms with E-state index in [4.69, 9.17) is 0 Å². The summed E-state index contributed by atoms with van der Waals surface area (Å²) >= 11 is 0. The Hall–Kier alpha value is -2.85. The number of aromatic nitrogens is 1. The summed E-state index contributed by atoms with van der Waals surface area (Å²) in [6.07, 6.45) is 5.99. The lowest BCUT2D eigenvalue weighted by atomic mass is 9.73. The van der Waals surface area contributed by atoms with Gasteiger partial charge >= 0.3 is 0 Å². The van der Waals surface area contributed by atoms with Crippen molar-refractivity contribution in [1.29, 1.82) is 0 Å². The largest absolute Gasteiger partial charge is 0.358 e. The van der Waals surface area contributed by atoms with Crippen molar-refractivity contribution >= 4 is 16.8 Å². The topological polar surface area (TPSA) is 48.1 Å². The number of piperidine rings is 1. The highest BCUT2D eigenvalue weighted by atomic mass is 16.1. The third-order valence-corrected chi connectivity index (χ3v) is 7.59. The fourth-order valence-corrected chi connectivity index (χ4v) is 5.92. The van der Waals surface area contributed by atoms with Crippen LogP contribution in [0, 0.1) is 0 Å². The van der Waals surface area contributed by atoms with Crippen LogP contribution in [0.4, 0.5) is 0 Å². The van der Waals surface area contributed by atoms with Crippen molar-refractivity contribution in [3.05, 3.63) is 83.6 Å². The number of H-pyrrole nitrogens is 1. The monoisotopic (exact) mass is 501 g/mol. The zero-order chi connectivity index (χ0) is 27.0. The average Bonchev–Trinajstić information content (AvgIpc) is 3.46. The van der Waals surface area contributed by atoms with E-state index in [0.29, 0.717) is 0 Å². The maximum Gasteiger partial charge on any atom is 0.227 e. The Labute approximate surface area is 224 Å². The second-order valence-electron chi connectivity index (χ2n) is 10.5. The van der Waals surface area contributed by atoms with Crippen molar-refractivity contribution < 1.29 is 4.79 Å². The Bertz CT molecular complexity index is 1170. The quantitative estimate of drug-likeness (QED) is 0.356. The van der Waals surface area contributed by atoms with Gasteiger partial charge < -0.3 is 10.3 Å². The molecule has 1 saturated heterocycles. The zero-order valence-electron chi connectivity index (χ0n) is 23.9. The lowest BCUT2D eigenvalue weighted by Gasteiger charge is -2.40. The van der Waals surface area contributed by atoms with Crippen molar-refractivity contribution in [2.45, 2.75) is 91.1 Å². The van der Waals surface area contributed by atoms with Crippen LogP contribution in [-0.2, 0) is 23.2 Å². The molecule has 0 bridgehead atoms. The molecular formula is C33H47N3O. The van der Waals surface area contributed by atoms with Gasteiger partial charge in [-0.05, 0) is 105 Å². The first kappa shape index (κ1) is 28.7. The number of carbonyl (C=O) groups is 1. The number of allylic oxidation sites excluding steroid dienone is 1. The maximum absolute atomic E-state index is 13.0. The van der Waals surface area contributed by atoms with Crippen LogP contribution in [0.3, 0.4) is 0 Å². The lowest BCUT2D eigenvalue weighted by Crippen LogP contribution is -2.42. The molecule has 5 rings (SSSR count). The first-order valence-electron chi connectivity index (χ1n) is 14.2. The SMILES string of the molecule is C=CC.CC.CCc1cc2cc(CN3CCC4(CC3)CC(C(=O)NC(C)C)c3ccccc34)ccc2[nH]1. The van der Waals surface area contributed by atoms with Gasteiger partial charge in [-0.15, -0.1) is 6.58 Å². The molecule has 2 N–H and O–H groups in total. The molecule has 1 aliphatic carbocycles. The van der Waals surface area contributed by atoms with Gasteiger partial charge in [-0.1, -0.05) is 57.2 Å². The summed E-state index contributed by atoms with van der Waals surface area (Å²) in [6.45, 7) is 18.7. The molecule has 37 heavy (non-hydrogen) atoms. The second-order valence-corrected chi connectivity index (χ2v) is 10.5. The van der Waals surface area contributed by atoms with Crippen molar-refractivity contribution in [3.63, 3.8) is 0 Å². The molecule has 0 radical (unpaired) electrons. The third kappa shape index (κ3) is 6.54. The molecule has 0 saturated carbocycles. The number of amides is 1. The highest BCUT2D eigenvalue weighted by molar-refractivity contribution is 5.86. The van der Waals surface area contributed by atoms with Crippen LogP contribution in [0.5, 0.6) is 0 Å². The number of aromatic amines is 1. The number of nitrogens with one attached hydrogen (secondary N) is 2. The fourth-order valence-electron chi connectivity index (χ4n) is 5.92. The number of fused-ring (bicyclic) bond motifs is 3. The number of carbonyl (C=O) groups excluding carboxylic acids is 1. The van der Waals surface area contributed by atoms with E-state index in [1.165, 1.54) is 33.3 Å². The van der Waals surface area contributed by atoms with Crippen LogP contribution in [0.1, 0.15) is 89.1 Å². The number of rotatable bonds is 5. The minimum Gasteiger partial charge on any atom is -0.358 e. The van der Waals surface area contributed by atoms with Crippen LogP contribution in [-0.4, -0.2) is 34.9 Å². The summed E-state index contributed by atoms with van der Waals surface area (Å²) in [5.74, 6) is 0.182. The minimum absolute atomic E-state index is 0.0103. The van der Waals surface area contributed by atoms with Crippen molar-refractivity contribution in [2.24, 2.45) is 0 Å². The fraction of sp³-hybridized carbons (Fsp3) is 0.485. The molecule has 1 atom stereocenters. The maximum atomic E-state index is 13.0. The molecule has 4 heteroatoms. The third-order valence-electron chi connectivity index (χ3n) is 7.59. The standard InChI is InChI=1S/C28H35N3O.C3H6.C2H6/c1-4-22-16-21-15-20(9-10-26(21)30-22)18-31-13-11-28(12-14-31)17-24(27(32)29-19(2)3)23-7-5-6-8-25(23)28;1-3-2;1-2/h5-10,15-16,19,24,30H,4,11-14,17-18H2,1-3H3,(H,29,32);3H,1H2,2H3;1-2H3. The molecule has 1 unspecified atom stereocenters. The minimum atomic E-state index is -0.0103. The molecule has 2 heterocycles. The number of likely N-dealkylation sites (tertiary alicyclic amines) is 1. The smallest absolute Gasteiger partial charge is 0.227 e. The summed E-state index contributed by atoms with van der Waals surface area (Å²) in [4.78, 5) is 19.0. The van der Waals surface area contributed by atoms with Gasteiger partial charge in [0.15, 0.2) is 0 Å². The molecule has 1 aliphatic heterocycles. The number of hydrogen-bond acceptors (Lipinski definition) is 2. The Morgan fingerprint density at radius 1 is 1.16 bits per heavy atom. The summed E-state index contributed by atoms with van der Waals surface area (Å²) in [5.41, 5.74) is 6.74. The molecule has 2 aromatic carbocycles. The van der Waals surface area contributed by atoms with E-state index in [-0.39, 0.29) is 23.3 Å². The summed E-state index contributed by atoms with van der Waals surface area (Å²) in [5, 5.41) is 4.47. The van der Waals surface area contributed by atoms with Gasteiger partial charge in [0.2, 0.25) is 5.91 Å². The summed E-state index contributed by atoms with van der Waals surface area (Å²) in [7, 11) is 0. The molecule has 4 nitrogen and oxygen atoms in total. The number of aryl methyl sites for hydroxylation is 1. The highest BCUT2D eigenvalue weighted by Gasteiger charge is 2.47. The molecule has 2 aliphatic rings. The van der Waals surface area contributed by atoms with E-state index in [2.05, 4.69) is 77.2 Å². The molecule has 1 fully saturated rings. The van der Waals surface area contributed by atoms with Crippen LogP contribution in [0.15, 0.2) is 61.2 Å². The molecule has 1 aromatic heterocycles. The van der Waals surface area contributed by atoms with E-state index in [9.17, 15) is 4.79 Å². The molecule has 1 amide bonds. The van der Waals surface area contributed by atoms with Crippen molar-refractivity contribution in [3.8, 4) is 0 Å². The van der Waals surface area contributed by atoms with Crippen LogP contribution < -0.4 is 5.32 Å². The summed E-state index contributed by atoms with van der Waals surface area (Å²) < 4.78 is 0. The predicted molar refractivity (Wildman–Crippen MR) is 158 cm³/mol. The van der Waals surface area contributed by atoms with Gasteiger partial charge in [-0.3, -0.25) is 9.69 Å². The Morgan fingerprint density at radius 3 is 2.49 bits per heavy atom. The molecule has 1 spiro atoms. The molecule has 3 aromatic rings. The first-order chi connectivity index (χ1) is 17.9. The van der Waals surface area contributed by atoms with Crippen molar-refractivity contribution in [2.75, 3.05) is 13.1 Å². The van der Waals surface area contributed by atoms with E-state index in [1.54, 1.807) is 6.08 Å². The van der Waals surface area contributed by atoms with Gasteiger partial charge in [0.05, 0.1) is 5.92 Å². The van der Waals surface area contributed by atoms with Crippen molar-refractivity contribution in [1.82, 2.24) is 15.2 Å². The average molecular weight is 502 g/mol. The number of nitrogens with zero attached hydrogens (tertiary/aromatic N) is 1. The van der Waals surface area contributed by atoms with E-state index in [0.717, 1.165) is 45.3 Å². The summed E-state index contributed by atoms with van der Waals surface area (Å²) in [6, 6.07) is 18.0. The van der Waals surface area contributed by atoms with Crippen LogP contribution >= 0.6 is 0 Å². The zero-order valence-corrected chi connectivity index (χ0v) is 23.9. The number of hydrogen-bond donors (Lipinski definition) is 2. The second kappa shape index (κ2) is 13.1. The van der Waals surface area contributed by atoms with Gasteiger partial charge in [0, 0.05) is 23.8 Å².